The van der Waals surface area contributed by atoms with E-state index in [1.54, 1.807) is 12.1 Å². The van der Waals surface area contributed by atoms with Crippen molar-refractivity contribution in [2.75, 3.05) is 7.11 Å². The Morgan fingerprint density at radius 2 is 1.83 bits per heavy atom. The van der Waals surface area contributed by atoms with Gasteiger partial charge in [-0.1, -0.05) is 46.3 Å². The second-order valence-corrected chi connectivity index (χ2v) is 7.64. The Morgan fingerprint density at radius 3 is 2.57 bits per heavy atom. The van der Waals surface area contributed by atoms with E-state index in [1.807, 2.05) is 61.5 Å². The van der Waals surface area contributed by atoms with Gasteiger partial charge in [-0.3, -0.25) is 4.79 Å². The first-order valence-electron chi connectivity index (χ1n) is 9.31. The number of carbonyl (C=O) groups is 1. The van der Waals surface area contributed by atoms with Gasteiger partial charge in [0.05, 0.1) is 18.9 Å². The number of ether oxygens (including phenoxy) is 1. The molecule has 3 aromatic carbocycles. The van der Waals surface area contributed by atoms with Gasteiger partial charge in [-0.05, 0) is 59.7 Å². The van der Waals surface area contributed by atoms with Crippen LogP contribution in [0, 0.1) is 6.92 Å². The molecule has 150 valence electrons. The largest absolute Gasteiger partial charge is 0.496 e. The van der Waals surface area contributed by atoms with E-state index in [9.17, 15) is 4.79 Å². The molecule has 30 heavy (non-hydrogen) atoms. The fourth-order valence-electron chi connectivity index (χ4n) is 3.17. The number of nitrogens with one attached hydrogen (secondary N) is 1. The molecule has 1 heterocycles. The van der Waals surface area contributed by atoms with Crippen molar-refractivity contribution in [3.8, 4) is 17.1 Å². The second-order valence-electron chi connectivity index (χ2n) is 6.78. The highest BCUT2D eigenvalue weighted by molar-refractivity contribution is 9.10. The summed E-state index contributed by atoms with van der Waals surface area (Å²) in [6.45, 7) is 2.03. The maximum absolute atomic E-state index is 12.6. The molecule has 0 saturated heterocycles. The average Bonchev–Trinajstić information content (AvgIpc) is 3.21. The van der Waals surface area contributed by atoms with Gasteiger partial charge in [0.2, 0.25) is 0 Å². The lowest BCUT2D eigenvalue weighted by Crippen LogP contribution is -2.18. The van der Waals surface area contributed by atoms with Crippen molar-refractivity contribution < 1.29 is 13.9 Å². The SMILES string of the molecule is COc1cc2ccccc2cc1C(=O)N/N=C/c1ccc(-c2ccc(C)cc2Br)o1. The molecule has 5 nitrogen and oxygen atoms in total. The van der Waals surface area contributed by atoms with Gasteiger partial charge in [0.1, 0.15) is 17.3 Å². The number of halogens is 1. The molecule has 0 aliphatic carbocycles. The molecule has 1 amide bonds. The Balaban J connectivity index is 1.50. The van der Waals surface area contributed by atoms with Crippen molar-refractivity contribution in [3.63, 3.8) is 0 Å². The minimum Gasteiger partial charge on any atom is -0.496 e. The number of furan rings is 1. The number of amides is 1. The van der Waals surface area contributed by atoms with Gasteiger partial charge in [-0.2, -0.15) is 5.10 Å². The van der Waals surface area contributed by atoms with E-state index in [0.29, 0.717) is 22.8 Å². The third-order valence-electron chi connectivity index (χ3n) is 4.69. The molecule has 0 radical (unpaired) electrons. The lowest BCUT2D eigenvalue weighted by Gasteiger charge is -2.09. The Morgan fingerprint density at radius 1 is 1.07 bits per heavy atom. The van der Waals surface area contributed by atoms with Gasteiger partial charge in [0.15, 0.2) is 0 Å². The highest BCUT2D eigenvalue weighted by Gasteiger charge is 2.13. The number of benzene rings is 3. The Kier molecular flexibility index (Phi) is 5.68. The van der Waals surface area contributed by atoms with Gasteiger partial charge < -0.3 is 9.15 Å². The van der Waals surface area contributed by atoms with Crippen LogP contribution in [0.15, 0.2) is 80.7 Å². The number of carbonyl (C=O) groups excluding carboxylic acids is 1. The lowest BCUT2D eigenvalue weighted by molar-refractivity contribution is 0.0952. The van der Waals surface area contributed by atoms with Crippen LogP contribution in [0.5, 0.6) is 5.75 Å². The number of rotatable bonds is 5. The highest BCUT2D eigenvalue weighted by atomic mass is 79.9. The molecule has 0 aliphatic heterocycles. The van der Waals surface area contributed by atoms with Crippen molar-refractivity contribution in [2.24, 2.45) is 5.10 Å². The Bertz CT molecular complexity index is 1260. The van der Waals surface area contributed by atoms with Crippen molar-refractivity contribution in [1.29, 1.82) is 0 Å². The van der Waals surface area contributed by atoms with Crippen LogP contribution in [0.25, 0.3) is 22.1 Å². The average molecular weight is 463 g/mol. The molecule has 0 aliphatic rings. The van der Waals surface area contributed by atoms with E-state index in [2.05, 4.69) is 26.5 Å². The molecule has 0 fully saturated rings. The first-order valence-corrected chi connectivity index (χ1v) is 10.1. The van der Waals surface area contributed by atoms with Crippen LogP contribution in [0.2, 0.25) is 0 Å². The summed E-state index contributed by atoms with van der Waals surface area (Å²) >= 11 is 3.56. The lowest BCUT2D eigenvalue weighted by atomic mass is 10.1. The zero-order valence-electron chi connectivity index (χ0n) is 16.5. The fraction of sp³-hybridized carbons (Fsp3) is 0.0833. The molecule has 4 rings (SSSR count). The van der Waals surface area contributed by atoms with E-state index in [0.717, 1.165) is 26.4 Å². The van der Waals surface area contributed by atoms with Crippen LogP contribution >= 0.6 is 15.9 Å². The quantitative estimate of drug-likeness (QED) is 0.294. The first-order chi connectivity index (χ1) is 14.5. The molecule has 0 atom stereocenters. The number of nitrogens with zero attached hydrogens (tertiary/aromatic N) is 1. The van der Waals surface area contributed by atoms with Crippen molar-refractivity contribution in [1.82, 2.24) is 5.43 Å². The van der Waals surface area contributed by atoms with Crippen LogP contribution < -0.4 is 10.2 Å². The highest BCUT2D eigenvalue weighted by Crippen LogP contribution is 2.30. The molecule has 4 aromatic rings. The summed E-state index contributed by atoms with van der Waals surface area (Å²) in [4.78, 5) is 12.6. The van der Waals surface area contributed by atoms with Gasteiger partial charge in [-0.15, -0.1) is 0 Å². The summed E-state index contributed by atoms with van der Waals surface area (Å²) in [6, 6.07) is 21.1. The van der Waals surface area contributed by atoms with Crippen LogP contribution in [-0.2, 0) is 0 Å². The normalized spacial score (nSPS) is 11.2. The summed E-state index contributed by atoms with van der Waals surface area (Å²) in [5.74, 6) is 1.38. The molecule has 6 heteroatoms. The minimum atomic E-state index is -0.359. The fourth-order valence-corrected chi connectivity index (χ4v) is 3.86. The maximum atomic E-state index is 12.6. The Labute approximate surface area is 182 Å². The third kappa shape index (κ3) is 4.14. The molecule has 0 bridgehead atoms. The van der Waals surface area contributed by atoms with Crippen molar-refractivity contribution in [3.05, 3.63) is 88.1 Å². The summed E-state index contributed by atoms with van der Waals surface area (Å²) in [7, 11) is 1.54. The number of methoxy groups -OCH3 is 1. The zero-order valence-corrected chi connectivity index (χ0v) is 18.1. The van der Waals surface area contributed by atoms with Crippen molar-refractivity contribution >= 4 is 38.8 Å². The topological polar surface area (TPSA) is 63.8 Å². The first kappa shape index (κ1) is 19.9. The summed E-state index contributed by atoms with van der Waals surface area (Å²) in [6.07, 6.45) is 1.47. The summed E-state index contributed by atoms with van der Waals surface area (Å²) in [5.41, 5.74) is 5.06. The molecule has 0 saturated carbocycles. The van der Waals surface area contributed by atoms with E-state index >= 15 is 0 Å². The zero-order chi connectivity index (χ0) is 21.1. The van der Waals surface area contributed by atoms with Crippen LogP contribution in [0.4, 0.5) is 0 Å². The predicted octanol–water partition coefficient (Wildman–Crippen LogP) is 5.94. The van der Waals surface area contributed by atoms with E-state index < -0.39 is 0 Å². The number of hydrogen-bond acceptors (Lipinski definition) is 4. The molecule has 1 aromatic heterocycles. The molecular formula is C24H19BrN2O3. The second kappa shape index (κ2) is 8.55. The Hall–Kier alpha value is -3.38. The maximum Gasteiger partial charge on any atom is 0.275 e. The monoisotopic (exact) mass is 462 g/mol. The molecular weight excluding hydrogens is 444 g/mol. The van der Waals surface area contributed by atoms with Gasteiger partial charge in [0, 0.05) is 10.0 Å². The number of fused-ring (bicyclic) bond motifs is 1. The van der Waals surface area contributed by atoms with E-state index in [4.69, 9.17) is 9.15 Å². The molecule has 0 unspecified atom stereocenters. The minimum absolute atomic E-state index is 0.359. The molecule has 1 N–H and O–H groups in total. The summed E-state index contributed by atoms with van der Waals surface area (Å²) < 4.78 is 12.2. The predicted molar refractivity (Wildman–Crippen MR) is 122 cm³/mol. The van der Waals surface area contributed by atoms with E-state index in [1.165, 1.54) is 13.3 Å². The molecule has 0 spiro atoms. The summed E-state index contributed by atoms with van der Waals surface area (Å²) in [5, 5.41) is 5.98. The van der Waals surface area contributed by atoms with Gasteiger partial charge in [-0.25, -0.2) is 5.43 Å². The number of aryl methyl sites for hydroxylation is 1. The number of hydrogen-bond donors (Lipinski definition) is 1. The van der Waals surface area contributed by atoms with Crippen LogP contribution in [0.3, 0.4) is 0 Å². The number of hydrazone groups is 1. The van der Waals surface area contributed by atoms with Crippen LogP contribution in [0.1, 0.15) is 21.7 Å². The van der Waals surface area contributed by atoms with Gasteiger partial charge in [0.25, 0.3) is 5.91 Å². The third-order valence-corrected chi connectivity index (χ3v) is 5.34. The standard InChI is InChI=1S/C24H19BrN2O3/c1-15-7-9-19(21(25)11-15)22-10-8-18(30-22)14-26-27-24(28)20-12-16-5-3-4-6-17(16)13-23(20)29-2/h3-14H,1-2H3,(H,27,28)/b26-14+. The van der Waals surface area contributed by atoms with Crippen molar-refractivity contribution in [2.45, 2.75) is 6.92 Å². The van der Waals surface area contributed by atoms with E-state index in [-0.39, 0.29) is 5.91 Å². The smallest absolute Gasteiger partial charge is 0.275 e. The van der Waals surface area contributed by atoms with Crippen LogP contribution in [-0.4, -0.2) is 19.2 Å². The van der Waals surface area contributed by atoms with Gasteiger partial charge >= 0.3 is 0 Å².